The minimum atomic E-state index is 0.453. The standard InChI is InChI=1S/C22H25ClN4/c1-6-27(19-10-9-18(13-24)20(23)12-19)21-11-17(8-7-14(21)2)22(15(3)25)16(4)26-5/h7-12H,6,25H2,1-5H3. The summed E-state index contributed by atoms with van der Waals surface area (Å²) in [7, 11) is 1.77. The van der Waals surface area contributed by atoms with E-state index in [1.54, 1.807) is 13.1 Å². The Bertz CT molecular complexity index is 947. The molecule has 2 aromatic carbocycles. The van der Waals surface area contributed by atoms with Crippen molar-refractivity contribution in [2.45, 2.75) is 27.7 Å². The Morgan fingerprint density at radius 3 is 2.44 bits per heavy atom. The van der Waals surface area contributed by atoms with Crippen molar-refractivity contribution in [3.8, 4) is 6.07 Å². The van der Waals surface area contributed by atoms with Gasteiger partial charge >= 0.3 is 0 Å². The fraction of sp³-hybridized carbons (Fsp3) is 0.273. The van der Waals surface area contributed by atoms with Gasteiger partial charge in [0.05, 0.1) is 10.6 Å². The fourth-order valence-electron chi connectivity index (χ4n) is 3.14. The quantitative estimate of drug-likeness (QED) is 0.700. The highest BCUT2D eigenvalue weighted by Crippen LogP contribution is 2.33. The molecule has 0 aliphatic rings. The molecule has 0 bridgehead atoms. The minimum absolute atomic E-state index is 0.453. The molecule has 0 aromatic heterocycles. The number of nitriles is 1. The van der Waals surface area contributed by atoms with Crippen molar-refractivity contribution in [2.24, 2.45) is 10.7 Å². The second kappa shape index (κ2) is 8.75. The van der Waals surface area contributed by atoms with Gasteiger partial charge in [-0.15, -0.1) is 0 Å². The molecule has 0 aliphatic heterocycles. The molecular formula is C22H25ClN4. The Labute approximate surface area is 166 Å². The van der Waals surface area contributed by atoms with Crippen molar-refractivity contribution in [3.63, 3.8) is 0 Å². The number of aryl methyl sites for hydroxylation is 1. The van der Waals surface area contributed by atoms with Gasteiger partial charge in [0.1, 0.15) is 6.07 Å². The average molecular weight is 381 g/mol. The van der Waals surface area contributed by atoms with E-state index in [1.165, 1.54) is 0 Å². The van der Waals surface area contributed by atoms with Crippen LogP contribution >= 0.6 is 11.6 Å². The molecule has 0 heterocycles. The maximum absolute atomic E-state index is 9.11. The van der Waals surface area contributed by atoms with E-state index < -0.39 is 0 Å². The van der Waals surface area contributed by atoms with E-state index in [4.69, 9.17) is 22.6 Å². The summed E-state index contributed by atoms with van der Waals surface area (Å²) in [6.07, 6.45) is 0. The molecule has 0 saturated carbocycles. The van der Waals surface area contributed by atoms with Crippen LogP contribution in [0.4, 0.5) is 11.4 Å². The SMILES string of the molecule is CCN(c1ccc(C#N)c(Cl)c1)c1cc(C(C(C)=NC)=C(C)N)ccc1C. The van der Waals surface area contributed by atoms with E-state index in [2.05, 4.69) is 48.0 Å². The number of hydrogen-bond donors (Lipinski definition) is 1. The van der Waals surface area contributed by atoms with Crippen LogP contribution in [0.1, 0.15) is 37.5 Å². The number of nitrogens with two attached hydrogens (primary N) is 1. The minimum Gasteiger partial charge on any atom is -0.402 e. The number of anilines is 2. The van der Waals surface area contributed by atoms with E-state index in [0.717, 1.165) is 46.0 Å². The lowest BCUT2D eigenvalue weighted by atomic mass is 9.97. The third-order valence-electron chi connectivity index (χ3n) is 4.58. The highest BCUT2D eigenvalue weighted by Gasteiger charge is 2.15. The highest BCUT2D eigenvalue weighted by atomic mass is 35.5. The number of hydrogen-bond acceptors (Lipinski definition) is 4. The van der Waals surface area contributed by atoms with Crippen molar-refractivity contribution >= 4 is 34.3 Å². The first-order valence-electron chi connectivity index (χ1n) is 8.82. The Morgan fingerprint density at radius 2 is 1.93 bits per heavy atom. The molecule has 0 amide bonds. The van der Waals surface area contributed by atoms with E-state index in [-0.39, 0.29) is 0 Å². The number of benzene rings is 2. The smallest absolute Gasteiger partial charge is 0.101 e. The van der Waals surface area contributed by atoms with Crippen LogP contribution in [0.3, 0.4) is 0 Å². The summed E-state index contributed by atoms with van der Waals surface area (Å²) in [5.74, 6) is 0. The van der Waals surface area contributed by atoms with Gasteiger partial charge in [-0.1, -0.05) is 23.7 Å². The van der Waals surface area contributed by atoms with Crippen molar-refractivity contribution in [1.29, 1.82) is 5.26 Å². The predicted molar refractivity (Wildman–Crippen MR) is 116 cm³/mol. The number of nitrogens with zero attached hydrogens (tertiary/aromatic N) is 3. The first kappa shape index (κ1) is 20.5. The van der Waals surface area contributed by atoms with Crippen LogP contribution in [0.15, 0.2) is 47.1 Å². The van der Waals surface area contributed by atoms with Gasteiger partial charge < -0.3 is 10.6 Å². The number of aliphatic imine (C=N–C) groups is 1. The molecule has 27 heavy (non-hydrogen) atoms. The molecule has 5 heteroatoms. The summed E-state index contributed by atoms with van der Waals surface area (Å²) in [6, 6.07) is 13.9. The Hall–Kier alpha value is -2.77. The molecule has 0 atom stereocenters. The second-order valence-electron chi connectivity index (χ2n) is 6.39. The number of halogens is 1. The van der Waals surface area contributed by atoms with Gasteiger partial charge in [-0.25, -0.2) is 0 Å². The molecule has 0 radical (unpaired) electrons. The first-order valence-corrected chi connectivity index (χ1v) is 9.20. The summed E-state index contributed by atoms with van der Waals surface area (Å²) in [5, 5.41) is 9.57. The zero-order valence-corrected chi connectivity index (χ0v) is 17.2. The van der Waals surface area contributed by atoms with Gasteiger partial charge in [-0.3, -0.25) is 4.99 Å². The van der Waals surface area contributed by atoms with Crippen LogP contribution in [0.2, 0.25) is 5.02 Å². The van der Waals surface area contributed by atoms with Gasteiger partial charge in [0, 0.05) is 41.9 Å². The van der Waals surface area contributed by atoms with Crippen LogP contribution in [-0.4, -0.2) is 19.3 Å². The molecule has 4 nitrogen and oxygen atoms in total. The summed E-state index contributed by atoms with van der Waals surface area (Å²) in [5.41, 5.74) is 13.4. The molecule has 0 aliphatic carbocycles. The largest absolute Gasteiger partial charge is 0.402 e. The number of rotatable bonds is 5. The first-order chi connectivity index (χ1) is 12.8. The third kappa shape index (κ3) is 4.32. The predicted octanol–water partition coefficient (Wildman–Crippen LogP) is 5.46. The second-order valence-corrected chi connectivity index (χ2v) is 6.80. The lowest BCUT2D eigenvalue weighted by Crippen LogP contribution is -2.18. The highest BCUT2D eigenvalue weighted by molar-refractivity contribution is 6.32. The summed E-state index contributed by atoms with van der Waals surface area (Å²) < 4.78 is 0. The van der Waals surface area contributed by atoms with Crippen molar-refractivity contribution in [3.05, 3.63) is 63.8 Å². The molecule has 0 saturated heterocycles. The molecule has 0 unspecified atom stereocenters. The van der Waals surface area contributed by atoms with E-state index >= 15 is 0 Å². The number of allylic oxidation sites excluding steroid dienone is 2. The van der Waals surface area contributed by atoms with Gasteiger partial charge in [0.25, 0.3) is 0 Å². The van der Waals surface area contributed by atoms with Crippen LogP contribution in [0.25, 0.3) is 5.57 Å². The van der Waals surface area contributed by atoms with Crippen LogP contribution < -0.4 is 10.6 Å². The van der Waals surface area contributed by atoms with Crippen LogP contribution in [0.5, 0.6) is 0 Å². The van der Waals surface area contributed by atoms with Crippen molar-refractivity contribution < 1.29 is 0 Å². The fourth-order valence-corrected chi connectivity index (χ4v) is 3.36. The maximum atomic E-state index is 9.11. The van der Waals surface area contributed by atoms with Crippen LogP contribution in [-0.2, 0) is 0 Å². The molecule has 140 valence electrons. The zero-order valence-electron chi connectivity index (χ0n) is 16.5. The van der Waals surface area contributed by atoms with Gasteiger partial charge in [0.15, 0.2) is 0 Å². The Morgan fingerprint density at radius 1 is 1.22 bits per heavy atom. The van der Waals surface area contributed by atoms with Gasteiger partial charge in [0.2, 0.25) is 0 Å². The summed E-state index contributed by atoms with van der Waals surface area (Å²) >= 11 is 6.25. The van der Waals surface area contributed by atoms with Crippen molar-refractivity contribution in [1.82, 2.24) is 0 Å². The monoisotopic (exact) mass is 380 g/mol. The molecule has 0 fully saturated rings. The Kier molecular flexibility index (Phi) is 6.65. The molecule has 2 aromatic rings. The molecular weight excluding hydrogens is 356 g/mol. The molecule has 2 N–H and O–H groups in total. The average Bonchev–Trinajstić information content (AvgIpc) is 2.64. The lowest BCUT2D eigenvalue weighted by molar-refractivity contribution is 1.01. The lowest BCUT2D eigenvalue weighted by Gasteiger charge is -2.26. The van der Waals surface area contributed by atoms with Gasteiger partial charge in [-0.05, 0) is 63.1 Å². The maximum Gasteiger partial charge on any atom is 0.101 e. The van der Waals surface area contributed by atoms with E-state index in [9.17, 15) is 0 Å². The van der Waals surface area contributed by atoms with Crippen LogP contribution in [0, 0.1) is 18.3 Å². The third-order valence-corrected chi connectivity index (χ3v) is 4.89. The van der Waals surface area contributed by atoms with Gasteiger partial charge in [-0.2, -0.15) is 5.26 Å². The van der Waals surface area contributed by atoms with E-state index in [0.29, 0.717) is 10.6 Å². The van der Waals surface area contributed by atoms with E-state index in [1.807, 2.05) is 26.0 Å². The Balaban J connectivity index is 2.61. The summed E-state index contributed by atoms with van der Waals surface area (Å²) in [4.78, 5) is 6.48. The van der Waals surface area contributed by atoms with Crippen molar-refractivity contribution in [2.75, 3.05) is 18.5 Å². The molecule has 0 spiro atoms. The summed E-state index contributed by atoms with van der Waals surface area (Å²) in [6.45, 7) is 8.77. The molecule has 2 rings (SSSR count). The normalized spacial score (nSPS) is 12.4. The zero-order chi connectivity index (χ0) is 20.1. The topological polar surface area (TPSA) is 65.4 Å².